The number of rotatable bonds is 4. The number of aromatic carboxylic acids is 1. The van der Waals surface area contributed by atoms with Crippen LogP contribution in [0.3, 0.4) is 0 Å². The molecule has 2 N–H and O–H groups in total. The first-order valence-corrected chi connectivity index (χ1v) is 7.61. The van der Waals surface area contributed by atoms with E-state index in [1.807, 2.05) is 25.1 Å². The summed E-state index contributed by atoms with van der Waals surface area (Å²) in [6, 6.07) is 11.5. The minimum absolute atomic E-state index is 0.0532. The van der Waals surface area contributed by atoms with Gasteiger partial charge in [0.25, 0.3) is 5.91 Å². The van der Waals surface area contributed by atoms with Crippen LogP contribution in [0.25, 0.3) is 0 Å². The van der Waals surface area contributed by atoms with Crippen LogP contribution in [-0.4, -0.2) is 36.0 Å². The van der Waals surface area contributed by atoms with E-state index in [0.717, 1.165) is 5.56 Å². The molecular formula is C18H16N2O5. The SMILES string of the molecule is Cc1ccccc1NC(=O)CN1C(=O)COc2cc(C(=O)O)ccc21. The van der Waals surface area contributed by atoms with Gasteiger partial charge in [-0.3, -0.25) is 14.5 Å². The number of nitrogens with one attached hydrogen (secondary N) is 1. The smallest absolute Gasteiger partial charge is 0.335 e. The van der Waals surface area contributed by atoms with Gasteiger partial charge in [0.1, 0.15) is 12.3 Å². The first-order chi connectivity index (χ1) is 12.0. The van der Waals surface area contributed by atoms with Gasteiger partial charge in [-0.25, -0.2) is 4.79 Å². The third-order valence-corrected chi connectivity index (χ3v) is 3.87. The molecule has 0 aromatic heterocycles. The van der Waals surface area contributed by atoms with Crippen LogP contribution in [0.2, 0.25) is 0 Å². The molecule has 3 rings (SSSR count). The van der Waals surface area contributed by atoms with E-state index in [-0.39, 0.29) is 36.3 Å². The number of nitrogens with zero attached hydrogens (tertiary/aromatic N) is 1. The summed E-state index contributed by atoms with van der Waals surface area (Å²) < 4.78 is 5.29. The first-order valence-electron chi connectivity index (χ1n) is 7.61. The van der Waals surface area contributed by atoms with E-state index in [1.54, 1.807) is 6.07 Å². The minimum atomic E-state index is -1.09. The highest BCUT2D eigenvalue weighted by Gasteiger charge is 2.28. The zero-order valence-electron chi connectivity index (χ0n) is 13.5. The fraction of sp³-hybridized carbons (Fsp3) is 0.167. The van der Waals surface area contributed by atoms with Gasteiger partial charge in [-0.2, -0.15) is 0 Å². The number of hydrogen-bond acceptors (Lipinski definition) is 4. The highest BCUT2D eigenvalue weighted by molar-refractivity contribution is 6.05. The summed E-state index contributed by atoms with van der Waals surface area (Å²) in [6.45, 7) is 1.45. The number of carboxylic acids is 1. The van der Waals surface area contributed by atoms with Gasteiger partial charge in [-0.05, 0) is 36.8 Å². The van der Waals surface area contributed by atoms with Crippen molar-refractivity contribution in [2.75, 3.05) is 23.4 Å². The zero-order chi connectivity index (χ0) is 18.0. The molecule has 0 spiro atoms. The van der Waals surface area contributed by atoms with Gasteiger partial charge in [-0.1, -0.05) is 18.2 Å². The van der Waals surface area contributed by atoms with Crippen molar-refractivity contribution in [2.24, 2.45) is 0 Å². The quantitative estimate of drug-likeness (QED) is 0.888. The molecular weight excluding hydrogens is 324 g/mol. The fourth-order valence-corrected chi connectivity index (χ4v) is 2.56. The lowest BCUT2D eigenvalue weighted by Gasteiger charge is -2.29. The van der Waals surface area contributed by atoms with Crippen LogP contribution < -0.4 is 15.0 Å². The molecule has 0 bridgehead atoms. The molecule has 7 heteroatoms. The van der Waals surface area contributed by atoms with Crippen LogP contribution in [0.5, 0.6) is 5.75 Å². The van der Waals surface area contributed by atoms with Crippen molar-refractivity contribution in [1.29, 1.82) is 0 Å². The number of carboxylic acid groups (broad SMARTS) is 1. The van der Waals surface area contributed by atoms with Crippen LogP contribution >= 0.6 is 0 Å². The van der Waals surface area contributed by atoms with E-state index < -0.39 is 5.97 Å². The summed E-state index contributed by atoms with van der Waals surface area (Å²) in [7, 11) is 0. The molecule has 1 aliphatic heterocycles. The number of amides is 2. The second-order valence-electron chi connectivity index (χ2n) is 5.62. The van der Waals surface area contributed by atoms with Crippen LogP contribution in [0.4, 0.5) is 11.4 Å². The van der Waals surface area contributed by atoms with Crippen LogP contribution in [0, 0.1) is 6.92 Å². The number of ether oxygens (including phenoxy) is 1. The number of carbonyl (C=O) groups is 3. The van der Waals surface area contributed by atoms with E-state index in [0.29, 0.717) is 11.4 Å². The Kier molecular flexibility index (Phi) is 4.38. The fourth-order valence-electron chi connectivity index (χ4n) is 2.56. The van der Waals surface area contributed by atoms with Crippen molar-refractivity contribution in [1.82, 2.24) is 0 Å². The molecule has 25 heavy (non-hydrogen) atoms. The number of carbonyl (C=O) groups excluding carboxylic acids is 2. The molecule has 2 aromatic rings. The third kappa shape index (κ3) is 3.45. The van der Waals surface area contributed by atoms with E-state index in [2.05, 4.69) is 5.32 Å². The molecule has 1 heterocycles. The Hall–Kier alpha value is -3.35. The van der Waals surface area contributed by atoms with Crippen LogP contribution in [-0.2, 0) is 9.59 Å². The molecule has 1 aliphatic rings. The summed E-state index contributed by atoms with van der Waals surface area (Å²) in [4.78, 5) is 36.8. The summed E-state index contributed by atoms with van der Waals surface area (Å²) in [5.74, 6) is -1.54. The zero-order valence-corrected chi connectivity index (χ0v) is 13.5. The number of aryl methyl sites for hydroxylation is 1. The van der Waals surface area contributed by atoms with E-state index in [1.165, 1.54) is 23.1 Å². The highest BCUT2D eigenvalue weighted by atomic mass is 16.5. The molecule has 0 saturated heterocycles. The Morgan fingerprint density at radius 1 is 1.24 bits per heavy atom. The Morgan fingerprint density at radius 2 is 2.00 bits per heavy atom. The van der Waals surface area contributed by atoms with E-state index in [4.69, 9.17) is 9.84 Å². The standard InChI is InChI=1S/C18H16N2O5/c1-11-4-2-3-5-13(11)19-16(21)9-20-14-7-6-12(18(23)24)8-15(14)25-10-17(20)22/h2-8H,9-10H2,1H3,(H,19,21)(H,23,24). The second-order valence-corrected chi connectivity index (χ2v) is 5.62. The number of benzene rings is 2. The molecule has 0 unspecified atom stereocenters. The average molecular weight is 340 g/mol. The number of anilines is 2. The van der Waals surface area contributed by atoms with Gasteiger partial charge >= 0.3 is 5.97 Å². The van der Waals surface area contributed by atoms with Crippen molar-refractivity contribution >= 4 is 29.2 Å². The maximum absolute atomic E-state index is 12.3. The normalized spacial score (nSPS) is 13.0. The van der Waals surface area contributed by atoms with Crippen molar-refractivity contribution < 1.29 is 24.2 Å². The predicted molar refractivity (Wildman–Crippen MR) is 91.1 cm³/mol. The lowest BCUT2D eigenvalue weighted by atomic mass is 10.1. The Bertz CT molecular complexity index is 862. The largest absolute Gasteiger partial charge is 0.482 e. The molecule has 2 amide bonds. The topological polar surface area (TPSA) is 95.9 Å². The highest BCUT2D eigenvalue weighted by Crippen LogP contribution is 2.33. The Morgan fingerprint density at radius 3 is 2.72 bits per heavy atom. The molecule has 7 nitrogen and oxygen atoms in total. The molecule has 0 saturated carbocycles. The average Bonchev–Trinajstić information content (AvgIpc) is 2.59. The summed E-state index contributed by atoms with van der Waals surface area (Å²) in [5.41, 5.74) is 2.02. The van der Waals surface area contributed by atoms with Crippen molar-refractivity contribution in [3.63, 3.8) is 0 Å². The predicted octanol–water partition coefficient (Wildman–Crippen LogP) is 2.06. The molecule has 2 aromatic carbocycles. The number of hydrogen-bond donors (Lipinski definition) is 2. The van der Waals surface area contributed by atoms with Crippen LogP contribution in [0.15, 0.2) is 42.5 Å². The molecule has 128 valence electrons. The van der Waals surface area contributed by atoms with E-state index >= 15 is 0 Å². The lowest BCUT2D eigenvalue weighted by Crippen LogP contribution is -2.43. The van der Waals surface area contributed by atoms with E-state index in [9.17, 15) is 14.4 Å². The van der Waals surface area contributed by atoms with Gasteiger partial charge in [0.05, 0.1) is 11.3 Å². The maximum atomic E-state index is 12.3. The molecule has 0 radical (unpaired) electrons. The monoisotopic (exact) mass is 340 g/mol. The van der Waals surface area contributed by atoms with Gasteiger partial charge in [0.2, 0.25) is 5.91 Å². The Labute approximate surface area is 143 Å². The number of para-hydroxylation sites is 1. The van der Waals surface area contributed by atoms with Crippen molar-refractivity contribution in [2.45, 2.75) is 6.92 Å². The van der Waals surface area contributed by atoms with Crippen molar-refractivity contribution in [3.05, 3.63) is 53.6 Å². The summed E-state index contributed by atoms with van der Waals surface area (Å²) in [6.07, 6.45) is 0. The van der Waals surface area contributed by atoms with Gasteiger partial charge in [0, 0.05) is 5.69 Å². The summed E-state index contributed by atoms with van der Waals surface area (Å²) >= 11 is 0. The summed E-state index contributed by atoms with van der Waals surface area (Å²) in [5, 5.41) is 11.8. The maximum Gasteiger partial charge on any atom is 0.335 e. The van der Waals surface area contributed by atoms with Gasteiger partial charge in [0.15, 0.2) is 6.61 Å². The van der Waals surface area contributed by atoms with Gasteiger partial charge in [-0.15, -0.1) is 0 Å². The molecule has 0 fully saturated rings. The van der Waals surface area contributed by atoms with Gasteiger partial charge < -0.3 is 15.2 Å². The molecule has 0 atom stereocenters. The molecule has 0 aliphatic carbocycles. The first kappa shape index (κ1) is 16.5. The lowest BCUT2D eigenvalue weighted by molar-refractivity contribution is -0.123. The van der Waals surface area contributed by atoms with Crippen molar-refractivity contribution in [3.8, 4) is 5.75 Å². The Balaban J connectivity index is 1.81. The number of fused-ring (bicyclic) bond motifs is 1. The second kappa shape index (κ2) is 6.64. The minimum Gasteiger partial charge on any atom is -0.482 e. The van der Waals surface area contributed by atoms with Crippen LogP contribution in [0.1, 0.15) is 15.9 Å². The third-order valence-electron chi connectivity index (χ3n) is 3.87.